The molecule has 0 bridgehead atoms. The molecule has 0 unspecified atom stereocenters. The van der Waals surface area contributed by atoms with Crippen LogP contribution >= 0.6 is 0 Å². The number of rotatable bonds is 7. The Bertz CT molecular complexity index is 419. The zero-order valence-electron chi connectivity index (χ0n) is 12.2. The smallest absolute Gasteiger partial charge is 0.187 e. The lowest BCUT2D eigenvalue weighted by Gasteiger charge is -2.08. The Morgan fingerprint density at radius 1 is 1.26 bits per heavy atom. The van der Waals surface area contributed by atoms with E-state index in [0.29, 0.717) is 18.1 Å². The predicted molar refractivity (Wildman–Crippen MR) is 78.5 cm³/mol. The van der Waals surface area contributed by atoms with Crippen LogP contribution in [0.25, 0.3) is 0 Å². The second kappa shape index (κ2) is 7.62. The number of carbonyl (C=O) groups excluding carboxylic acids is 1. The van der Waals surface area contributed by atoms with Crippen LogP contribution in [-0.2, 0) is 0 Å². The van der Waals surface area contributed by atoms with Gasteiger partial charge in [0.05, 0.1) is 6.61 Å². The Morgan fingerprint density at radius 3 is 2.42 bits per heavy atom. The fourth-order valence-electron chi connectivity index (χ4n) is 1.44. The maximum atomic E-state index is 11.8. The summed E-state index contributed by atoms with van der Waals surface area (Å²) in [6.45, 7) is 5.05. The molecule has 0 aliphatic rings. The maximum absolute atomic E-state index is 11.8. The zero-order chi connectivity index (χ0) is 14.3. The summed E-state index contributed by atoms with van der Waals surface area (Å²) in [6, 6.07) is 7.29. The van der Waals surface area contributed by atoms with Crippen molar-refractivity contribution in [3.63, 3.8) is 0 Å². The molecular formula is C16H23NO2. The lowest BCUT2D eigenvalue weighted by Crippen LogP contribution is -2.03. The zero-order valence-corrected chi connectivity index (χ0v) is 12.2. The van der Waals surface area contributed by atoms with Crippen molar-refractivity contribution in [1.29, 1.82) is 0 Å². The van der Waals surface area contributed by atoms with Gasteiger partial charge in [-0.1, -0.05) is 13.8 Å². The molecule has 1 aromatic rings. The standard InChI is InChI=1S/C16H23NO2/c1-13(2)10-12-19-15-7-5-14(6-8-15)16(18)9-11-17(3)4/h5-9,11,13H,10,12H2,1-4H3. The SMILES string of the molecule is CC(C)CCOc1ccc(C(=O)C=CN(C)C)cc1. The second-order valence-electron chi connectivity index (χ2n) is 5.20. The van der Waals surface area contributed by atoms with E-state index in [9.17, 15) is 4.79 Å². The molecule has 0 N–H and O–H groups in total. The highest BCUT2D eigenvalue weighted by Gasteiger charge is 2.02. The summed E-state index contributed by atoms with van der Waals surface area (Å²) in [5.74, 6) is 1.45. The fourth-order valence-corrected chi connectivity index (χ4v) is 1.44. The quantitative estimate of drug-likeness (QED) is 0.556. The molecular weight excluding hydrogens is 238 g/mol. The molecule has 0 fully saturated rings. The van der Waals surface area contributed by atoms with Crippen LogP contribution in [0.3, 0.4) is 0 Å². The molecule has 0 radical (unpaired) electrons. The molecule has 3 nitrogen and oxygen atoms in total. The fraction of sp³-hybridized carbons (Fsp3) is 0.438. The van der Waals surface area contributed by atoms with E-state index in [1.807, 2.05) is 31.1 Å². The van der Waals surface area contributed by atoms with Crippen molar-refractivity contribution in [2.24, 2.45) is 5.92 Å². The molecule has 1 rings (SSSR count). The molecule has 0 atom stereocenters. The molecule has 0 spiro atoms. The molecule has 0 heterocycles. The minimum atomic E-state index is 0.00225. The Hall–Kier alpha value is -1.77. The van der Waals surface area contributed by atoms with Crippen molar-refractivity contribution >= 4 is 5.78 Å². The van der Waals surface area contributed by atoms with Gasteiger partial charge in [0.25, 0.3) is 0 Å². The Labute approximate surface area is 115 Å². The largest absolute Gasteiger partial charge is 0.494 e. The monoisotopic (exact) mass is 261 g/mol. The van der Waals surface area contributed by atoms with E-state index in [1.165, 1.54) is 0 Å². The Morgan fingerprint density at radius 2 is 1.89 bits per heavy atom. The van der Waals surface area contributed by atoms with Gasteiger partial charge in [-0.2, -0.15) is 0 Å². The predicted octanol–water partition coefficient (Wildman–Crippen LogP) is 3.37. The number of allylic oxidation sites excluding steroid dienone is 1. The summed E-state index contributed by atoms with van der Waals surface area (Å²) in [7, 11) is 3.77. The molecule has 104 valence electrons. The van der Waals surface area contributed by atoms with Gasteiger partial charge in [-0.05, 0) is 36.6 Å². The lowest BCUT2D eigenvalue weighted by molar-refractivity contribution is 0.104. The van der Waals surface area contributed by atoms with Crippen LogP contribution in [-0.4, -0.2) is 31.4 Å². The topological polar surface area (TPSA) is 29.5 Å². The number of hydrogen-bond donors (Lipinski definition) is 0. The maximum Gasteiger partial charge on any atom is 0.187 e. The molecule has 0 amide bonds. The Balaban J connectivity index is 2.53. The van der Waals surface area contributed by atoms with Crippen LogP contribution in [0.2, 0.25) is 0 Å². The van der Waals surface area contributed by atoms with Gasteiger partial charge in [-0.25, -0.2) is 0 Å². The number of hydrogen-bond acceptors (Lipinski definition) is 3. The first-order valence-corrected chi connectivity index (χ1v) is 6.61. The van der Waals surface area contributed by atoms with Crippen molar-refractivity contribution in [2.75, 3.05) is 20.7 Å². The van der Waals surface area contributed by atoms with Crippen molar-refractivity contribution in [3.05, 3.63) is 42.1 Å². The van der Waals surface area contributed by atoms with Gasteiger partial charge in [-0.15, -0.1) is 0 Å². The highest BCUT2D eigenvalue weighted by molar-refractivity contribution is 6.04. The van der Waals surface area contributed by atoms with E-state index in [2.05, 4.69) is 13.8 Å². The van der Waals surface area contributed by atoms with Crippen molar-refractivity contribution in [1.82, 2.24) is 4.90 Å². The summed E-state index contributed by atoms with van der Waals surface area (Å²) >= 11 is 0. The summed E-state index contributed by atoms with van der Waals surface area (Å²) < 4.78 is 5.61. The first-order valence-electron chi connectivity index (χ1n) is 6.61. The highest BCUT2D eigenvalue weighted by Crippen LogP contribution is 2.14. The first kappa shape index (κ1) is 15.3. The summed E-state index contributed by atoms with van der Waals surface area (Å²) in [5.41, 5.74) is 0.675. The van der Waals surface area contributed by atoms with E-state index >= 15 is 0 Å². The minimum absolute atomic E-state index is 0.00225. The third-order valence-electron chi connectivity index (χ3n) is 2.63. The van der Waals surface area contributed by atoms with Crippen molar-refractivity contribution < 1.29 is 9.53 Å². The third-order valence-corrected chi connectivity index (χ3v) is 2.63. The normalized spacial score (nSPS) is 11.0. The molecule has 0 saturated carbocycles. The van der Waals surface area contributed by atoms with Gasteiger partial charge < -0.3 is 9.64 Å². The average Bonchev–Trinajstić information content (AvgIpc) is 2.36. The van der Waals surface area contributed by atoms with E-state index < -0.39 is 0 Å². The second-order valence-corrected chi connectivity index (χ2v) is 5.20. The molecule has 0 aromatic heterocycles. The summed E-state index contributed by atoms with van der Waals surface area (Å²) in [5, 5.41) is 0. The van der Waals surface area contributed by atoms with Crippen LogP contribution in [0.4, 0.5) is 0 Å². The van der Waals surface area contributed by atoms with Gasteiger partial charge in [0.1, 0.15) is 5.75 Å². The minimum Gasteiger partial charge on any atom is -0.494 e. The van der Waals surface area contributed by atoms with E-state index in [4.69, 9.17) is 4.74 Å². The van der Waals surface area contributed by atoms with Crippen LogP contribution in [0, 0.1) is 5.92 Å². The molecule has 3 heteroatoms. The first-order chi connectivity index (χ1) is 8.99. The summed E-state index contributed by atoms with van der Waals surface area (Å²) in [6.07, 6.45) is 4.34. The number of benzene rings is 1. The molecule has 19 heavy (non-hydrogen) atoms. The van der Waals surface area contributed by atoms with Crippen LogP contribution in [0.15, 0.2) is 36.5 Å². The lowest BCUT2D eigenvalue weighted by atomic mass is 10.1. The van der Waals surface area contributed by atoms with Crippen LogP contribution < -0.4 is 4.74 Å². The van der Waals surface area contributed by atoms with E-state index in [0.717, 1.165) is 12.2 Å². The van der Waals surface area contributed by atoms with Gasteiger partial charge in [0.15, 0.2) is 5.78 Å². The number of nitrogens with zero attached hydrogens (tertiary/aromatic N) is 1. The van der Waals surface area contributed by atoms with Gasteiger partial charge in [0.2, 0.25) is 0 Å². The third kappa shape index (κ3) is 6.09. The highest BCUT2D eigenvalue weighted by atomic mass is 16.5. The van der Waals surface area contributed by atoms with Gasteiger partial charge in [0, 0.05) is 31.9 Å². The molecule has 0 aliphatic heterocycles. The molecule has 0 aliphatic carbocycles. The van der Waals surface area contributed by atoms with E-state index in [-0.39, 0.29) is 5.78 Å². The van der Waals surface area contributed by atoms with Gasteiger partial charge >= 0.3 is 0 Å². The number of ether oxygens (including phenoxy) is 1. The number of carbonyl (C=O) groups is 1. The van der Waals surface area contributed by atoms with Crippen molar-refractivity contribution in [3.8, 4) is 5.75 Å². The Kier molecular flexibility index (Phi) is 6.13. The van der Waals surface area contributed by atoms with Crippen LogP contribution in [0.1, 0.15) is 30.6 Å². The summed E-state index contributed by atoms with van der Waals surface area (Å²) in [4.78, 5) is 13.6. The van der Waals surface area contributed by atoms with Crippen molar-refractivity contribution in [2.45, 2.75) is 20.3 Å². The molecule has 1 aromatic carbocycles. The van der Waals surface area contributed by atoms with Gasteiger partial charge in [-0.3, -0.25) is 4.79 Å². The van der Waals surface area contributed by atoms with E-state index in [1.54, 1.807) is 24.4 Å². The molecule has 0 saturated heterocycles. The number of ketones is 1. The van der Waals surface area contributed by atoms with Crippen LogP contribution in [0.5, 0.6) is 5.75 Å². The average molecular weight is 261 g/mol.